The highest BCUT2D eigenvalue weighted by Crippen LogP contribution is 2.15. The molecule has 1 atom stereocenters. The van der Waals surface area contributed by atoms with Crippen LogP contribution < -0.4 is 5.32 Å². The summed E-state index contributed by atoms with van der Waals surface area (Å²) in [6.07, 6.45) is 0.234. The molecule has 0 aromatic heterocycles. The van der Waals surface area contributed by atoms with Crippen LogP contribution in [0.4, 0.5) is 0 Å². The van der Waals surface area contributed by atoms with Crippen molar-refractivity contribution in [1.82, 2.24) is 5.32 Å². The van der Waals surface area contributed by atoms with Gasteiger partial charge < -0.3 is 15.4 Å². The zero-order valence-electron chi connectivity index (χ0n) is 4.87. The summed E-state index contributed by atoms with van der Waals surface area (Å²) in [5.74, 6) is -0.411. The Balaban J connectivity index is 2.39. The largest absolute Gasteiger partial charge is 0.457 e. The minimum Gasteiger partial charge on any atom is -0.427 e. The molecule has 1 heterocycles. The van der Waals surface area contributed by atoms with E-state index in [1.54, 1.807) is 0 Å². The highest BCUT2D eigenvalue weighted by atomic mass is 16.4. The predicted molar refractivity (Wildman–Crippen MR) is 31.6 cm³/mol. The van der Waals surface area contributed by atoms with Gasteiger partial charge in [0.25, 0.3) is 0 Å². The fraction of sp³-hybridized carbons (Fsp3) is 0.750. The van der Waals surface area contributed by atoms with Crippen LogP contribution in [0.1, 0.15) is 6.42 Å². The van der Waals surface area contributed by atoms with E-state index in [2.05, 4.69) is 5.32 Å². The van der Waals surface area contributed by atoms with Crippen molar-refractivity contribution >= 4 is 13.0 Å². The van der Waals surface area contributed by atoms with Gasteiger partial charge in [-0.15, -0.1) is 0 Å². The van der Waals surface area contributed by atoms with E-state index >= 15 is 0 Å². The number of hydrogen-bond donors (Lipinski definition) is 3. The van der Waals surface area contributed by atoms with Gasteiger partial charge >= 0.3 is 7.12 Å². The summed E-state index contributed by atoms with van der Waals surface area (Å²) >= 11 is 0. The molecule has 50 valence electrons. The van der Waals surface area contributed by atoms with E-state index in [1.165, 1.54) is 0 Å². The fourth-order valence-corrected chi connectivity index (χ4v) is 0.838. The topological polar surface area (TPSA) is 69.6 Å². The molecule has 1 rings (SSSR count). The first-order valence-corrected chi connectivity index (χ1v) is 2.83. The van der Waals surface area contributed by atoms with Crippen molar-refractivity contribution in [2.45, 2.75) is 12.2 Å². The van der Waals surface area contributed by atoms with E-state index in [0.29, 0.717) is 6.54 Å². The molecule has 0 aliphatic carbocycles. The van der Waals surface area contributed by atoms with Crippen LogP contribution in [-0.2, 0) is 4.79 Å². The molecular formula is C4H8BNO3. The number of carbonyl (C=O) groups excluding carboxylic acids is 1. The minimum absolute atomic E-state index is 0.104. The Hall–Kier alpha value is -0.545. The van der Waals surface area contributed by atoms with Crippen LogP contribution in [-0.4, -0.2) is 29.6 Å². The van der Waals surface area contributed by atoms with Crippen LogP contribution in [0.2, 0.25) is 5.82 Å². The van der Waals surface area contributed by atoms with Crippen molar-refractivity contribution in [3.05, 3.63) is 0 Å². The SMILES string of the molecule is O=C1CC(B(O)O)CN1. The normalized spacial score (nSPS) is 26.0. The molecular weight excluding hydrogens is 121 g/mol. The molecule has 0 radical (unpaired) electrons. The standard InChI is InChI=1S/C4H8BNO3/c7-4-1-3(2-6-4)5(8)9/h3,8-9H,1-2H2,(H,6,7). The molecule has 1 aliphatic heterocycles. The van der Waals surface area contributed by atoms with E-state index < -0.39 is 7.12 Å². The zero-order chi connectivity index (χ0) is 6.85. The third kappa shape index (κ3) is 1.43. The van der Waals surface area contributed by atoms with Crippen LogP contribution in [0.5, 0.6) is 0 Å². The number of rotatable bonds is 1. The van der Waals surface area contributed by atoms with Crippen molar-refractivity contribution in [2.24, 2.45) is 0 Å². The van der Waals surface area contributed by atoms with Gasteiger partial charge in [0.15, 0.2) is 0 Å². The third-order valence-corrected chi connectivity index (χ3v) is 1.43. The van der Waals surface area contributed by atoms with Crippen LogP contribution in [0.15, 0.2) is 0 Å². The summed E-state index contributed by atoms with van der Waals surface area (Å²) in [7, 11) is -1.36. The summed E-state index contributed by atoms with van der Waals surface area (Å²) in [6, 6.07) is 0. The van der Waals surface area contributed by atoms with E-state index in [9.17, 15) is 4.79 Å². The Morgan fingerprint density at radius 3 is 2.56 bits per heavy atom. The second kappa shape index (κ2) is 2.37. The molecule has 3 N–H and O–H groups in total. The van der Waals surface area contributed by atoms with Crippen molar-refractivity contribution in [3.8, 4) is 0 Å². The maximum atomic E-state index is 10.4. The van der Waals surface area contributed by atoms with E-state index in [4.69, 9.17) is 10.0 Å². The summed E-state index contributed by atoms with van der Waals surface area (Å²) in [4.78, 5) is 10.4. The third-order valence-electron chi connectivity index (χ3n) is 1.43. The Morgan fingerprint density at radius 1 is 1.67 bits per heavy atom. The highest BCUT2D eigenvalue weighted by Gasteiger charge is 2.30. The van der Waals surface area contributed by atoms with Gasteiger partial charge in [0.05, 0.1) is 0 Å². The van der Waals surface area contributed by atoms with E-state index in [-0.39, 0.29) is 18.1 Å². The average Bonchev–Trinajstić information content (AvgIpc) is 2.14. The Labute approximate surface area is 53.0 Å². The lowest BCUT2D eigenvalue weighted by atomic mass is 9.72. The summed E-state index contributed by atoms with van der Waals surface area (Å²) < 4.78 is 0. The quantitative estimate of drug-likeness (QED) is 0.371. The number of nitrogens with one attached hydrogen (secondary N) is 1. The Kier molecular flexibility index (Phi) is 1.73. The van der Waals surface area contributed by atoms with Crippen LogP contribution in [0.3, 0.4) is 0 Å². The molecule has 1 unspecified atom stereocenters. The second-order valence-corrected chi connectivity index (χ2v) is 2.18. The highest BCUT2D eigenvalue weighted by molar-refractivity contribution is 6.44. The van der Waals surface area contributed by atoms with Crippen molar-refractivity contribution < 1.29 is 14.8 Å². The molecule has 1 amide bonds. The maximum Gasteiger partial charge on any atom is 0.457 e. The Bertz CT molecular complexity index is 127. The Morgan fingerprint density at radius 2 is 2.33 bits per heavy atom. The maximum absolute atomic E-state index is 10.4. The van der Waals surface area contributed by atoms with E-state index in [0.717, 1.165) is 0 Å². The molecule has 5 heteroatoms. The molecule has 0 bridgehead atoms. The van der Waals surface area contributed by atoms with Gasteiger partial charge in [-0.25, -0.2) is 0 Å². The lowest BCUT2D eigenvalue weighted by Crippen LogP contribution is -2.22. The first-order valence-electron chi connectivity index (χ1n) is 2.83. The van der Waals surface area contributed by atoms with Gasteiger partial charge in [-0.2, -0.15) is 0 Å². The van der Waals surface area contributed by atoms with Crippen LogP contribution in [0.25, 0.3) is 0 Å². The molecule has 1 saturated heterocycles. The lowest BCUT2D eigenvalue weighted by molar-refractivity contribution is -0.119. The number of amides is 1. The molecule has 9 heavy (non-hydrogen) atoms. The molecule has 0 aromatic carbocycles. The van der Waals surface area contributed by atoms with E-state index in [1.807, 2.05) is 0 Å². The smallest absolute Gasteiger partial charge is 0.427 e. The average molecular weight is 129 g/mol. The molecule has 4 nitrogen and oxygen atoms in total. The monoisotopic (exact) mass is 129 g/mol. The zero-order valence-corrected chi connectivity index (χ0v) is 4.87. The number of carbonyl (C=O) groups is 1. The first kappa shape index (κ1) is 6.57. The summed E-state index contributed by atoms with van der Waals surface area (Å²) in [5, 5.41) is 19.6. The molecule has 0 spiro atoms. The van der Waals surface area contributed by atoms with Crippen LogP contribution in [0, 0.1) is 0 Å². The van der Waals surface area contributed by atoms with Gasteiger partial charge in [-0.05, 0) is 0 Å². The van der Waals surface area contributed by atoms with Gasteiger partial charge in [-0.1, -0.05) is 0 Å². The van der Waals surface area contributed by atoms with Gasteiger partial charge in [0, 0.05) is 18.8 Å². The van der Waals surface area contributed by atoms with Crippen molar-refractivity contribution in [3.63, 3.8) is 0 Å². The minimum atomic E-state index is -1.36. The molecule has 1 fully saturated rings. The van der Waals surface area contributed by atoms with Gasteiger partial charge in [-0.3, -0.25) is 4.79 Å². The molecule has 0 aromatic rings. The van der Waals surface area contributed by atoms with Gasteiger partial charge in [0.2, 0.25) is 5.91 Å². The summed E-state index contributed by atoms with van der Waals surface area (Å²) in [6.45, 7) is 0.385. The predicted octanol–water partition coefficient (Wildman–Crippen LogP) is -1.65. The van der Waals surface area contributed by atoms with Crippen molar-refractivity contribution in [2.75, 3.05) is 6.54 Å². The first-order chi connectivity index (χ1) is 4.20. The van der Waals surface area contributed by atoms with Crippen molar-refractivity contribution in [1.29, 1.82) is 0 Å². The fourth-order valence-electron chi connectivity index (χ4n) is 0.838. The molecule has 0 saturated carbocycles. The number of hydrogen-bond acceptors (Lipinski definition) is 3. The van der Waals surface area contributed by atoms with Crippen LogP contribution >= 0.6 is 0 Å². The summed E-state index contributed by atoms with van der Waals surface area (Å²) in [5.41, 5.74) is 0. The lowest BCUT2D eigenvalue weighted by Gasteiger charge is -2.01. The van der Waals surface area contributed by atoms with Gasteiger partial charge in [0.1, 0.15) is 0 Å². The molecule has 1 aliphatic rings. The second-order valence-electron chi connectivity index (χ2n) is 2.18.